The molecule has 0 amide bonds. The van der Waals surface area contributed by atoms with Crippen LogP contribution in [0.2, 0.25) is 0 Å². The number of methoxy groups -OCH3 is 1. The normalized spacial score (nSPS) is 11.4. The van der Waals surface area contributed by atoms with Gasteiger partial charge in [-0.05, 0) is 6.07 Å². The van der Waals surface area contributed by atoms with Gasteiger partial charge in [-0.3, -0.25) is 10.1 Å². The second kappa shape index (κ2) is 4.58. The molecule has 0 spiro atoms. The first kappa shape index (κ1) is 13.2. The van der Waals surface area contributed by atoms with E-state index in [-0.39, 0.29) is 11.3 Å². The molecule has 1 rings (SSSR count). The quantitative estimate of drug-likeness (QED) is 0.659. The van der Waals surface area contributed by atoms with E-state index in [1.54, 1.807) is 0 Å². The van der Waals surface area contributed by atoms with E-state index < -0.39 is 29.0 Å². The van der Waals surface area contributed by atoms with Gasteiger partial charge in [-0.15, -0.1) is 0 Å². The molecule has 1 aromatic rings. The van der Waals surface area contributed by atoms with Gasteiger partial charge in [-0.25, -0.2) is 0 Å². The Kier molecular flexibility index (Phi) is 3.56. The van der Waals surface area contributed by atoms with Crippen LogP contribution in [0.5, 0.6) is 5.75 Å². The van der Waals surface area contributed by atoms with Crippen molar-refractivity contribution in [2.24, 2.45) is 0 Å². The molecule has 0 aliphatic rings. The molecule has 8 heteroatoms. The summed E-state index contributed by atoms with van der Waals surface area (Å²) in [5.74, 6) is -0.370. The van der Waals surface area contributed by atoms with Gasteiger partial charge in [0, 0.05) is 11.6 Å². The maximum absolute atomic E-state index is 12.4. The average molecular weight is 251 g/mol. The summed E-state index contributed by atoms with van der Waals surface area (Å²) in [5.41, 5.74) is -2.31. The molecule has 0 aromatic heterocycles. The molecule has 0 saturated heterocycles. The van der Waals surface area contributed by atoms with Crippen LogP contribution in [0.1, 0.15) is 11.1 Å². The van der Waals surface area contributed by atoms with Crippen molar-refractivity contribution < 1.29 is 27.9 Å². The molecule has 0 aliphatic heterocycles. The molecule has 0 atom stereocenters. The maximum atomic E-state index is 12.4. The molecule has 0 heterocycles. The molecule has 0 fully saturated rings. The Morgan fingerprint density at radius 3 is 2.41 bits per heavy atom. The van der Waals surface area contributed by atoms with Gasteiger partial charge in [-0.2, -0.15) is 13.2 Å². The van der Waals surface area contributed by atoms with Crippen LogP contribution in [-0.2, 0) is 12.8 Å². The highest BCUT2D eigenvalue weighted by Gasteiger charge is 2.34. The first-order chi connectivity index (χ1) is 7.81. The van der Waals surface area contributed by atoms with E-state index in [1.807, 2.05) is 0 Å². The van der Waals surface area contributed by atoms with Crippen molar-refractivity contribution in [3.8, 4) is 5.75 Å². The van der Waals surface area contributed by atoms with Crippen LogP contribution < -0.4 is 4.74 Å². The number of halogens is 3. The van der Waals surface area contributed by atoms with Crippen molar-refractivity contribution in [3.05, 3.63) is 33.4 Å². The van der Waals surface area contributed by atoms with Crippen molar-refractivity contribution >= 4 is 5.69 Å². The van der Waals surface area contributed by atoms with Crippen molar-refractivity contribution in [1.29, 1.82) is 0 Å². The van der Waals surface area contributed by atoms with Crippen molar-refractivity contribution in [2.45, 2.75) is 12.8 Å². The molecule has 94 valence electrons. The van der Waals surface area contributed by atoms with Crippen molar-refractivity contribution in [2.75, 3.05) is 7.11 Å². The van der Waals surface area contributed by atoms with E-state index in [0.29, 0.717) is 12.1 Å². The largest absolute Gasteiger partial charge is 0.490 e. The smallest absolute Gasteiger partial charge is 0.416 e. The second-order valence-corrected chi connectivity index (χ2v) is 3.10. The highest BCUT2D eigenvalue weighted by atomic mass is 19.4. The summed E-state index contributed by atoms with van der Waals surface area (Å²) in [7, 11) is 1.08. The lowest BCUT2D eigenvalue weighted by atomic mass is 10.1. The fourth-order valence-corrected chi connectivity index (χ4v) is 1.32. The van der Waals surface area contributed by atoms with Crippen LogP contribution in [0.4, 0.5) is 18.9 Å². The lowest BCUT2D eigenvalue weighted by Crippen LogP contribution is -2.08. The zero-order chi connectivity index (χ0) is 13.2. The van der Waals surface area contributed by atoms with Crippen LogP contribution in [0.15, 0.2) is 12.1 Å². The minimum atomic E-state index is -4.72. The zero-order valence-corrected chi connectivity index (χ0v) is 8.61. The Morgan fingerprint density at radius 2 is 2.06 bits per heavy atom. The van der Waals surface area contributed by atoms with E-state index in [1.165, 1.54) is 0 Å². The van der Waals surface area contributed by atoms with E-state index >= 15 is 0 Å². The predicted octanol–water partition coefficient (Wildman–Crippen LogP) is 2.11. The lowest BCUT2D eigenvalue weighted by Gasteiger charge is -2.11. The van der Waals surface area contributed by atoms with Crippen LogP contribution in [0.3, 0.4) is 0 Å². The molecule has 0 saturated carbocycles. The molecular weight excluding hydrogens is 243 g/mol. The monoisotopic (exact) mass is 251 g/mol. The first-order valence-corrected chi connectivity index (χ1v) is 4.34. The summed E-state index contributed by atoms with van der Waals surface area (Å²) >= 11 is 0. The van der Waals surface area contributed by atoms with Gasteiger partial charge in [0.1, 0.15) is 0 Å². The van der Waals surface area contributed by atoms with E-state index in [9.17, 15) is 23.3 Å². The Balaban J connectivity index is 3.51. The first-order valence-electron chi connectivity index (χ1n) is 4.34. The predicted molar refractivity (Wildman–Crippen MR) is 50.6 cm³/mol. The number of ether oxygens (including phenoxy) is 1. The third-order valence-corrected chi connectivity index (χ3v) is 2.04. The molecule has 0 aliphatic carbocycles. The van der Waals surface area contributed by atoms with E-state index in [4.69, 9.17) is 5.11 Å². The number of alkyl halides is 3. The zero-order valence-electron chi connectivity index (χ0n) is 8.61. The topological polar surface area (TPSA) is 72.6 Å². The Bertz CT molecular complexity index is 445. The van der Waals surface area contributed by atoms with Gasteiger partial charge < -0.3 is 9.84 Å². The number of nitrogens with zero attached hydrogens (tertiary/aromatic N) is 1. The number of nitro benzene ring substituents is 1. The van der Waals surface area contributed by atoms with E-state index in [2.05, 4.69) is 4.74 Å². The van der Waals surface area contributed by atoms with Crippen LogP contribution in [-0.4, -0.2) is 17.1 Å². The van der Waals surface area contributed by atoms with Gasteiger partial charge in [0.25, 0.3) is 0 Å². The molecule has 1 aromatic carbocycles. The van der Waals surface area contributed by atoms with Crippen LogP contribution >= 0.6 is 0 Å². The fraction of sp³-hybridized carbons (Fsp3) is 0.333. The highest BCUT2D eigenvalue weighted by Crippen LogP contribution is 2.38. The summed E-state index contributed by atoms with van der Waals surface area (Å²) in [6.45, 7) is -0.784. The fourth-order valence-electron chi connectivity index (χ4n) is 1.32. The summed E-state index contributed by atoms with van der Waals surface area (Å²) in [6, 6.07) is 0.990. The number of rotatable bonds is 3. The molecule has 5 nitrogen and oxygen atoms in total. The minimum Gasteiger partial charge on any atom is -0.490 e. The number of aliphatic hydroxyl groups is 1. The SMILES string of the molecule is COc1c(CO)cc(C(F)(F)F)cc1[N+](=O)[O-]. The summed E-state index contributed by atoms with van der Waals surface area (Å²) in [4.78, 5) is 9.61. The van der Waals surface area contributed by atoms with Gasteiger partial charge in [0.15, 0.2) is 0 Å². The molecule has 0 radical (unpaired) electrons. The molecule has 17 heavy (non-hydrogen) atoms. The maximum Gasteiger partial charge on any atom is 0.416 e. The number of aliphatic hydroxyl groups excluding tert-OH is 1. The summed E-state index contributed by atoms with van der Waals surface area (Å²) in [6.07, 6.45) is -4.72. The summed E-state index contributed by atoms with van der Waals surface area (Å²) < 4.78 is 41.9. The van der Waals surface area contributed by atoms with Crippen LogP contribution in [0.25, 0.3) is 0 Å². The van der Waals surface area contributed by atoms with E-state index in [0.717, 1.165) is 7.11 Å². The number of nitro groups is 1. The molecular formula is C9H8F3NO4. The van der Waals surface area contributed by atoms with Gasteiger partial charge >= 0.3 is 11.9 Å². The molecule has 1 N–H and O–H groups in total. The van der Waals surface area contributed by atoms with Crippen LogP contribution in [0, 0.1) is 10.1 Å². The standard InChI is InChI=1S/C9H8F3NO4/c1-17-8-5(4-14)2-6(9(10,11)12)3-7(8)13(15)16/h2-3,14H,4H2,1H3. The Hall–Kier alpha value is -1.83. The third kappa shape index (κ3) is 2.64. The van der Waals surface area contributed by atoms with Gasteiger partial charge in [0.05, 0.1) is 24.2 Å². The number of benzene rings is 1. The molecule has 0 unspecified atom stereocenters. The van der Waals surface area contributed by atoms with Gasteiger partial charge in [-0.1, -0.05) is 0 Å². The minimum absolute atomic E-state index is 0.283. The van der Waals surface area contributed by atoms with Crippen molar-refractivity contribution in [1.82, 2.24) is 0 Å². The Labute approximate surface area is 93.6 Å². The second-order valence-electron chi connectivity index (χ2n) is 3.10. The number of hydrogen-bond acceptors (Lipinski definition) is 4. The number of hydrogen-bond donors (Lipinski definition) is 1. The highest BCUT2D eigenvalue weighted by molar-refractivity contribution is 5.54. The Morgan fingerprint density at radius 1 is 1.47 bits per heavy atom. The third-order valence-electron chi connectivity index (χ3n) is 2.04. The lowest BCUT2D eigenvalue weighted by molar-refractivity contribution is -0.386. The summed E-state index contributed by atoms with van der Waals surface area (Å²) in [5, 5.41) is 19.5. The van der Waals surface area contributed by atoms with Crippen molar-refractivity contribution in [3.63, 3.8) is 0 Å². The molecule has 0 bridgehead atoms. The average Bonchev–Trinajstić information content (AvgIpc) is 2.25. The van der Waals surface area contributed by atoms with Gasteiger partial charge in [0.2, 0.25) is 5.75 Å².